The van der Waals surface area contributed by atoms with Crippen molar-refractivity contribution in [3.63, 3.8) is 0 Å². The number of sulfonamides is 1. The van der Waals surface area contributed by atoms with Crippen LogP contribution < -0.4 is 5.32 Å². The highest BCUT2D eigenvalue weighted by molar-refractivity contribution is 7.89. The summed E-state index contributed by atoms with van der Waals surface area (Å²) >= 11 is 0. The van der Waals surface area contributed by atoms with Crippen LogP contribution in [0.4, 0.5) is 0 Å². The summed E-state index contributed by atoms with van der Waals surface area (Å²) < 4.78 is 28.5. The molecule has 2 rings (SSSR count). The van der Waals surface area contributed by atoms with Gasteiger partial charge in [-0.3, -0.25) is 0 Å². The van der Waals surface area contributed by atoms with E-state index in [2.05, 4.69) is 22.9 Å². The van der Waals surface area contributed by atoms with Crippen molar-refractivity contribution in [2.24, 2.45) is 13.0 Å². The van der Waals surface area contributed by atoms with Gasteiger partial charge in [-0.25, -0.2) is 12.7 Å². The van der Waals surface area contributed by atoms with Gasteiger partial charge in [0.1, 0.15) is 0 Å². The molecule has 0 radical (unpaired) electrons. The first-order valence-electron chi connectivity index (χ1n) is 8.18. The topological polar surface area (TPSA) is 54.3 Å². The van der Waals surface area contributed by atoms with E-state index >= 15 is 0 Å². The van der Waals surface area contributed by atoms with Crippen LogP contribution in [0.2, 0.25) is 0 Å². The number of hydrogen-bond acceptors (Lipinski definition) is 3. The summed E-state index contributed by atoms with van der Waals surface area (Å²) in [6, 6.07) is 4.55. The molecule has 1 aliphatic heterocycles. The molecule has 0 bridgehead atoms. The molecular weight excluding hydrogens is 298 g/mol. The van der Waals surface area contributed by atoms with E-state index in [1.54, 1.807) is 18.2 Å². The number of rotatable bonds is 6. The first-order chi connectivity index (χ1) is 10.4. The average Bonchev–Trinajstić information content (AvgIpc) is 2.90. The molecule has 1 aliphatic rings. The molecule has 2 atom stereocenters. The maximum Gasteiger partial charge on any atom is 0.216 e. The lowest BCUT2D eigenvalue weighted by molar-refractivity contribution is 0.199. The number of aromatic nitrogens is 1. The minimum atomic E-state index is -3.13. The van der Waals surface area contributed by atoms with Crippen molar-refractivity contribution in [3.05, 3.63) is 24.0 Å². The van der Waals surface area contributed by atoms with Gasteiger partial charge in [0.25, 0.3) is 0 Å². The van der Waals surface area contributed by atoms with Crippen LogP contribution in [0.25, 0.3) is 0 Å². The van der Waals surface area contributed by atoms with Crippen LogP contribution in [-0.4, -0.2) is 41.7 Å². The molecule has 22 heavy (non-hydrogen) atoms. The highest BCUT2D eigenvalue weighted by atomic mass is 32.2. The second kappa shape index (κ2) is 7.15. The van der Waals surface area contributed by atoms with Crippen LogP contribution in [0.5, 0.6) is 0 Å². The van der Waals surface area contributed by atoms with Gasteiger partial charge >= 0.3 is 0 Å². The number of aryl methyl sites for hydroxylation is 1. The Bertz CT molecular complexity index is 580. The van der Waals surface area contributed by atoms with Gasteiger partial charge < -0.3 is 9.88 Å². The van der Waals surface area contributed by atoms with E-state index < -0.39 is 10.0 Å². The first kappa shape index (κ1) is 17.5. The van der Waals surface area contributed by atoms with Crippen molar-refractivity contribution in [2.45, 2.75) is 51.4 Å². The van der Waals surface area contributed by atoms with E-state index in [-0.39, 0.29) is 5.25 Å². The maximum absolute atomic E-state index is 12.3. The lowest BCUT2D eigenvalue weighted by Gasteiger charge is -2.38. The molecule has 0 amide bonds. The fraction of sp³-hybridized carbons (Fsp3) is 0.750. The van der Waals surface area contributed by atoms with Crippen molar-refractivity contribution >= 4 is 10.0 Å². The molecule has 2 heterocycles. The van der Waals surface area contributed by atoms with E-state index in [4.69, 9.17) is 0 Å². The van der Waals surface area contributed by atoms with Crippen LogP contribution >= 0.6 is 0 Å². The molecule has 126 valence electrons. The van der Waals surface area contributed by atoms with E-state index in [1.165, 1.54) is 5.69 Å². The van der Waals surface area contributed by atoms with Crippen molar-refractivity contribution < 1.29 is 8.42 Å². The highest BCUT2D eigenvalue weighted by Gasteiger charge is 2.35. The monoisotopic (exact) mass is 327 g/mol. The lowest BCUT2D eigenvalue weighted by atomic mass is 9.91. The van der Waals surface area contributed by atoms with E-state index in [9.17, 15) is 8.42 Å². The van der Waals surface area contributed by atoms with Gasteiger partial charge in [-0.2, -0.15) is 0 Å². The van der Waals surface area contributed by atoms with Gasteiger partial charge in [0, 0.05) is 44.6 Å². The Morgan fingerprint density at radius 2 is 2.14 bits per heavy atom. The second-order valence-corrected chi connectivity index (χ2v) is 9.00. The van der Waals surface area contributed by atoms with Gasteiger partial charge in [-0.05, 0) is 38.3 Å². The molecule has 1 aromatic rings. The molecule has 0 aromatic carbocycles. The summed E-state index contributed by atoms with van der Waals surface area (Å²) in [7, 11) is -1.08. The van der Waals surface area contributed by atoms with Crippen LogP contribution in [-0.2, 0) is 23.6 Å². The van der Waals surface area contributed by atoms with Crippen LogP contribution in [0, 0.1) is 5.92 Å². The van der Waals surface area contributed by atoms with E-state index in [1.807, 2.05) is 19.3 Å². The molecule has 0 saturated carbocycles. The van der Waals surface area contributed by atoms with E-state index in [0.717, 1.165) is 19.4 Å². The largest absolute Gasteiger partial charge is 0.353 e. The third-order valence-corrected chi connectivity index (χ3v) is 7.02. The fourth-order valence-corrected chi connectivity index (χ4v) is 4.48. The molecule has 1 aromatic heterocycles. The third-order valence-electron chi connectivity index (χ3n) is 4.77. The minimum absolute atomic E-state index is 0.335. The summed E-state index contributed by atoms with van der Waals surface area (Å²) in [5, 5.41) is 3.29. The van der Waals surface area contributed by atoms with Gasteiger partial charge in [0.15, 0.2) is 0 Å². The Balaban J connectivity index is 1.97. The minimum Gasteiger partial charge on any atom is -0.353 e. The molecule has 6 heteroatoms. The van der Waals surface area contributed by atoms with Gasteiger partial charge in [-0.1, -0.05) is 13.3 Å². The molecule has 5 nitrogen and oxygen atoms in total. The number of hydrogen-bond donors (Lipinski definition) is 1. The Labute approximate surface area is 134 Å². The molecule has 0 spiro atoms. The van der Waals surface area contributed by atoms with Crippen LogP contribution in [0.1, 0.15) is 39.3 Å². The van der Waals surface area contributed by atoms with Crippen LogP contribution in [0.15, 0.2) is 18.3 Å². The van der Waals surface area contributed by atoms with Crippen molar-refractivity contribution in [1.82, 2.24) is 14.2 Å². The molecular formula is C16H29N3O2S. The highest BCUT2D eigenvalue weighted by Crippen LogP contribution is 2.24. The summed E-state index contributed by atoms with van der Waals surface area (Å²) in [6.07, 6.45) is 3.93. The lowest BCUT2D eigenvalue weighted by Crippen LogP contribution is -2.52. The predicted octanol–water partition coefficient (Wildman–Crippen LogP) is 1.95. The van der Waals surface area contributed by atoms with Crippen molar-refractivity contribution in [1.29, 1.82) is 0 Å². The number of piperidine rings is 1. The van der Waals surface area contributed by atoms with Crippen LogP contribution in [0.3, 0.4) is 0 Å². The number of nitrogens with one attached hydrogen (secondary N) is 1. The Kier molecular flexibility index (Phi) is 5.69. The summed E-state index contributed by atoms with van der Waals surface area (Å²) in [5.74, 6) is 0.377. The zero-order valence-electron chi connectivity index (χ0n) is 14.1. The third kappa shape index (κ3) is 3.73. The standard InChI is InChI=1S/C16H29N3O2S/c1-5-14-12-19(22(20,21)13(2)3)10-8-16(14)17-11-15-7-6-9-18(15)4/h6-7,9,13-14,16-17H,5,8,10-12H2,1-4H3. The fourth-order valence-electron chi connectivity index (χ4n) is 3.13. The second-order valence-electron chi connectivity index (χ2n) is 6.51. The van der Waals surface area contributed by atoms with Gasteiger partial charge in [-0.15, -0.1) is 0 Å². The molecule has 1 saturated heterocycles. The SMILES string of the molecule is CCC1CN(S(=O)(=O)C(C)C)CCC1NCc1cccn1C. The summed E-state index contributed by atoms with van der Waals surface area (Å²) in [4.78, 5) is 0. The molecule has 2 unspecified atom stereocenters. The Morgan fingerprint density at radius 3 is 2.68 bits per heavy atom. The average molecular weight is 327 g/mol. The van der Waals surface area contributed by atoms with Gasteiger partial charge in [0.05, 0.1) is 5.25 Å². The molecule has 1 N–H and O–H groups in total. The Morgan fingerprint density at radius 1 is 1.41 bits per heavy atom. The predicted molar refractivity (Wildman–Crippen MR) is 90.1 cm³/mol. The molecule has 1 fully saturated rings. The zero-order valence-corrected chi connectivity index (χ0v) is 14.9. The first-order valence-corrected chi connectivity index (χ1v) is 9.69. The zero-order chi connectivity index (χ0) is 16.3. The maximum atomic E-state index is 12.3. The normalized spacial score (nSPS) is 24.0. The Hall–Kier alpha value is -0.850. The molecule has 0 aliphatic carbocycles. The quantitative estimate of drug-likeness (QED) is 0.869. The summed E-state index contributed by atoms with van der Waals surface area (Å²) in [5.41, 5.74) is 1.26. The van der Waals surface area contributed by atoms with Crippen molar-refractivity contribution in [3.8, 4) is 0 Å². The van der Waals surface area contributed by atoms with E-state index in [0.29, 0.717) is 25.0 Å². The number of nitrogens with zero attached hydrogens (tertiary/aromatic N) is 2. The smallest absolute Gasteiger partial charge is 0.216 e. The van der Waals surface area contributed by atoms with Gasteiger partial charge in [0.2, 0.25) is 10.0 Å². The van der Waals surface area contributed by atoms with Crippen molar-refractivity contribution in [2.75, 3.05) is 13.1 Å². The summed E-state index contributed by atoms with van der Waals surface area (Å²) in [6.45, 7) is 7.77.